The second kappa shape index (κ2) is 7.78. The maximum atomic E-state index is 11.7. The van der Waals surface area contributed by atoms with Crippen LogP contribution in [0, 0.1) is 5.41 Å². The predicted octanol–water partition coefficient (Wildman–Crippen LogP) is 2.96. The van der Waals surface area contributed by atoms with Gasteiger partial charge >= 0.3 is 0 Å². The Kier molecular flexibility index (Phi) is 6.69. The fourth-order valence-corrected chi connectivity index (χ4v) is 2.55. The first-order valence-corrected chi connectivity index (χ1v) is 7.56. The molecule has 0 heterocycles. The highest BCUT2D eigenvalue weighted by atomic mass is 35.5. The van der Waals surface area contributed by atoms with E-state index in [-0.39, 0.29) is 17.9 Å². The third kappa shape index (κ3) is 6.32. The van der Waals surface area contributed by atoms with E-state index in [1.807, 2.05) is 38.1 Å². The Morgan fingerprint density at radius 3 is 2.74 bits per heavy atom. The van der Waals surface area contributed by atoms with Gasteiger partial charge in [-0.1, -0.05) is 37.6 Å². The van der Waals surface area contributed by atoms with E-state index in [1.165, 1.54) is 11.8 Å². The van der Waals surface area contributed by atoms with Gasteiger partial charge in [0.25, 0.3) is 0 Å². The minimum absolute atomic E-state index is 0.0177. The molecule has 0 atom stereocenters. The molecule has 0 aliphatic carbocycles. The number of benzene rings is 1. The molecule has 2 N–H and O–H groups in total. The van der Waals surface area contributed by atoms with Crippen molar-refractivity contribution in [2.75, 3.05) is 18.9 Å². The van der Waals surface area contributed by atoms with Crippen LogP contribution in [0.25, 0.3) is 0 Å². The van der Waals surface area contributed by atoms with Crippen molar-refractivity contribution in [3.05, 3.63) is 29.3 Å². The van der Waals surface area contributed by atoms with Crippen molar-refractivity contribution >= 4 is 29.3 Å². The minimum Gasteiger partial charge on any atom is -0.396 e. The molecule has 5 heteroatoms. The van der Waals surface area contributed by atoms with Crippen molar-refractivity contribution in [2.24, 2.45) is 5.41 Å². The Morgan fingerprint density at radius 1 is 1.42 bits per heavy atom. The number of hydrogen-bond acceptors (Lipinski definition) is 3. The molecule has 1 rings (SSSR count). The monoisotopic (exact) mass is 301 g/mol. The van der Waals surface area contributed by atoms with Crippen LogP contribution in [0.15, 0.2) is 29.2 Å². The smallest absolute Gasteiger partial charge is 0.230 e. The third-order valence-electron chi connectivity index (χ3n) is 2.75. The van der Waals surface area contributed by atoms with Crippen molar-refractivity contribution < 1.29 is 9.90 Å². The summed E-state index contributed by atoms with van der Waals surface area (Å²) in [5.74, 6) is 0.329. The molecule has 0 saturated heterocycles. The molecule has 0 aromatic heterocycles. The van der Waals surface area contributed by atoms with Crippen molar-refractivity contribution in [3.8, 4) is 0 Å². The SMILES string of the molecule is CC(C)(CCO)CNC(=O)CSc1ccccc1Cl. The van der Waals surface area contributed by atoms with Gasteiger partial charge in [0, 0.05) is 18.0 Å². The van der Waals surface area contributed by atoms with Gasteiger partial charge in [-0.3, -0.25) is 4.79 Å². The molecule has 1 aromatic carbocycles. The molecule has 0 spiro atoms. The first-order chi connectivity index (χ1) is 8.94. The van der Waals surface area contributed by atoms with E-state index in [4.69, 9.17) is 16.7 Å². The van der Waals surface area contributed by atoms with Gasteiger partial charge in [0.1, 0.15) is 0 Å². The molecule has 0 aliphatic heterocycles. The molecule has 1 aromatic rings. The fraction of sp³-hybridized carbons (Fsp3) is 0.500. The van der Waals surface area contributed by atoms with Crippen molar-refractivity contribution in [3.63, 3.8) is 0 Å². The van der Waals surface area contributed by atoms with Gasteiger partial charge in [0.15, 0.2) is 0 Å². The van der Waals surface area contributed by atoms with Gasteiger partial charge in [0.2, 0.25) is 5.91 Å². The second-order valence-corrected chi connectivity index (χ2v) is 6.56. The van der Waals surface area contributed by atoms with Crippen LogP contribution in [-0.2, 0) is 4.79 Å². The van der Waals surface area contributed by atoms with Gasteiger partial charge in [-0.2, -0.15) is 0 Å². The number of nitrogens with one attached hydrogen (secondary N) is 1. The average Bonchev–Trinajstić information content (AvgIpc) is 2.35. The molecule has 0 aliphatic rings. The van der Waals surface area contributed by atoms with E-state index in [2.05, 4.69) is 5.32 Å². The summed E-state index contributed by atoms with van der Waals surface area (Å²) in [4.78, 5) is 12.7. The highest BCUT2D eigenvalue weighted by molar-refractivity contribution is 8.00. The van der Waals surface area contributed by atoms with E-state index in [9.17, 15) is 4.79 Å². The van der Waals surface area contributed by atoms with Crippen LogP contribution < -0.4 is 5.32 Å². The normalized spacial score (nSPS) is 11.4. The maximum Gasteiger partial charge on any atom is 0.230 e. The topological polar surface area (TPSA) is 49.3 Å². The molecule has 0 fully saturated rings. The molecule has 0 bridgehead atoms. The maximum absolute atomic E-state index is 11.7. The van der Waals surface area contributed by atoms with E-state index >= 15 is 0 Å². The van der Waals surface area contributed by atoms with Gasteiger partial charge in [-0.15, -0.1) is 11.8 Å². The lowest BCUT2D eigenvalue weighted by Crippen LogP contribution is -2.35. The number of amides is 1. The Bertz CT molecular complexity index is 424. The predicted molar refractivity (Wildman–Crippen MR) is 80.7 cm³/mol. The lowest BCUT2D eigenvalue weighted by Gasteiger charge is -2.23. The summed E-state index contributed by atoms with van der Waals surface area (Å²) in [5.41, 5.74) is -0.0839. The second-order valence-electron chi connectivity index (χ2n) is 5.13. The molecule has 0 unspecified atom stereocenters. The van der Waals surface area contributed by atoms with Crippen LogP contribution in [0.4, 0.5) is 0 Å². The molecule has 0 radical (unpaired) electrons. The standard InChI is InChI=1S/C14H20ClNO2S/c1-14(2,7-8-17)10-16-13(18)9-19-12-6-4-3-5-11(12)15/h3-6,17H,7-10H2,1-2H3,(H,16,18). The average molecular weight is 302 g/mol. The third-order valence-corrected chi connectivity index (χ3v) is 4.26. The Balaban J connectivity index is 2.35. The number of halogens is 1. The number of thioether (sulfide) groups is 1. The number of carbonyl (C=O) groups is 1. The van der Waals surface area contributed by atoms with Gasteiger partial charge < -0.3 is 10.4 Å². The lowest BCUT2D eigenvalue weighted by atomic mass is 9.90. The number of aliphatic hydroxyl groups excluding tert-OH is 1. The molecule has 0 saturated carbocycles. The zero-order chi connectivity index (χ0) is 14.3. The van der Waals surface area contributed by atoms with Crippen LogP contribution in [-0.4, -0.2) is 29.9 Å². The van der Waals surface area contributed by atoms with Crippen molar-refractivity contribution in [1.29, 1.82) is 0 Å². The Morgan fingerprint density at radius 2 is 2.11 bits per heavy atom. The zero-order valence-corrected chi connectivity index (χ0v) is 12.9. The number of hydrogen-bond donors (Lipinski definition) is 2. The van der Waals surface area contributed by atoms with Gasteiger partial charge in [-0.05, 0) is 24.0 Å². The summed E-state index contributed by atoms with van der Waals surface area (Å²) in [6, 6.07) is 7.47. The first kappa shape index (κ1) is 16.3. The summed E-state index contributed by atoms with van der Waals surface area (Å²) in [7, 11) is 0. The van der Waals surface area contributed by atoms with Gasteiger partial charge in [-0.25, -0.2) is 0 Å². The summed E-state index contributed by atoms with van der Waals surface area (Å²) in [6.07, 6.45) is 0.672. The van der Waals surface area contributed by atoms with Crippen LogP contribution in [0.1, 0.15) is 20.3 Å². The molecule has 106 valence electrons. The summed E-state index contributed by atoms with van der Waals surface area (Å²) in [5, 5.41) is 12.5. The highest BCUT2D eigenvalue weighted by Crippen LogP contribution is 2.26. The molecular weight excluding hydrogens is 282 g/mol. The van der Waals surface area contributed by atoms with E-state index in [0.29, 0.717) is 23.7 Å². The van der Waals surface area contributed by atoms with Crippen molar-refractivity contribution in [1.82, 2.24) is 5.32 Å². The minimum atomic E-state index is -0.0839. The quantitative estimate of drug-likeness (QED) is 0.761. The lowest BCUT2D eigenvalue weighted by molar-refractivity contribution is -0.119. The highest BCUT2D eigenvalue weighted by Gasteiger charge is 2.18. The molecular formula is C14H20ClNO2S. The largest absolute Gasteiger partial charge is 0.396 e. The number of rotatable bonds is 7. The Hall–Kier alpha value is -0.710. The Labute approximate surface area is 123 Å². The zero-order valence-electron chi connectivity index (χ0n) is 11.3. The van der Waals surface area contributed by atoms with E-state index in [0.717, 1.165) is 4.90 Å². The molecule has 19 heavy (non-hydrogen) atoms. The summed E-state index contributed by atoms with van der Waals surface area (Å²) >= 11 is 7.44. The van der Waals surface area contributed by atoms with Crippen LogP contribution >= 0.6 is 23.4 Å². The van der Waals surface area contributed by atoms with Crippen LogP contribution in [0.3, 0.4) is 0 Å². The number of carbonyl (C=O) groups excluding carboxylic acids is 1. The van der Waals surface area contributed by atoms with E-state index < -0.39 is 0 Å². The fourth-order valence-electron chi connectivity index (χ4n) is 1.49. The first-order valence-electron chi connectivity index (χ1n) is 6.19. The molecule has 1 amide bonds. The van der Waals surface area contributed by atoms with Crippen LogP contribution in [0.2, 0.25) is 5.02 Å². The summed E-state index contributed by atoms with van der Waals surface area (Å²) < 4.78 is 0. The van der Waals surface area contributed by atoms with Crippen LogP contribution in [0.5, 0.6) is 0 Å². The summed E-state index contributed by atoms with van der Waals surface area (Å²) in [6.45, 7) is 4.74. The van der Waals surface area contributed by atoms with Crippen molar-refractivity contribution in [2.45, 2.75) is 25.2 Å². The van der Waals surface area contributed by atoms with Gasteiger partial charge in [0.05, 0.1) is 10.8 Å². The van der Waals surface area contributed by atoms with E-state index in [1.54, 1.807) is 0 Å². The number of aliphatic hydroxyl groups is 1. The molecule has 3 nitrogen and oxygen atoms in total.